The van der Waals surface area contributed by atoms with Gasteiger partial charge in [-0.3, -0.25) is 0 Å². The molecule has 21 heavy (non-hydrogen) atoms. The number of aliphatic hydroxyl groups is 1. The van der Waals surface area contributed by atoms with Gasteiger partial charge in [0.15, 0.2) is 0 Å². The highest BCUT2D eigenvalue weighted by Gasteiger charge is 2.11. The summed E-state index contributed by atoms with van der Waals surface area (Å²) < 4.78 is 11.9. The lowest BCUT2D eigenvalue weighted by atomic mass is 10.4. The molecule has 8 nitrogen and oxygen atoms in total. The lowest BCUT2D eigenvalue weighted by molar-refractivity contribution is 0.0218. The first-order valence-electron chi connectivity index (χ1n) is 7.00. The third-order valence-corrected chi connectivity index (χ3v) is 3.62. The predicted molar refractivity (Wildman–Crippen MR) is 80.4 cm³/mol. The molecule has 0 spiro atoms. The van der Waals surface area contributed by atoms with E-state index in [9.17, 15) is 5.11 Å². The summed E-state index contributed by atoms with van der Waals surface area (Å²) >= 11 is 1.42. The fourth-order valence-electron chi connectivity index (χ4n) is 1.48. The summed E-state index contributed by atoms with van der Waals surface area (Å²) in [5, 5.41) is 25.4. The van der Waals surface area contributed by atoms with Crippen LogP contribution in [0.2, 0.25) is 0 Å². The second-order valence-electron chi connectivity index (χ2n) is 4.83. The normalized spacial score (nSPS) is 13.0. The van der Waals surface area contributed by atoms with E-state index in [0.717, 1.165) is 6.54 Å². The zero-order chi connectivity index (χ0) is 15.5. The first-order chi connectivity index (χ1) is 10.1. The molecule has 122 valence electrons. The highest BCUT2D eigenvalue weighted by atomic mass is 32.2. The number of hydrogen-bond donors (Lipinski definition) is 2. The van der Waals surface area contributed by atoms with Gasteiger partial charge in [0.1, 0.15) is 0 Å². The van der Waals surface area contributed by atoms with Crippen molar-refractivity contribution in [3.63, 3.8) is 0 Å². The molecule has 1 unspecified atom stereocenters. The minimum absolute atomic E-state index is 0.285. The van der Waals surface area contributed by atoms with Crippen molar-refractivity contribution >= 4 is 11.8 Å². The molecule has 0 bridgehead atoms. The summed E-state index contributed by atoms with van der Waals surface area (Å²) in [6.45, 7) is 6.99. The van der Waals surface area contributed by atoms with Crippen LogP contribution in [-0.2, 0) is 16.0 Å². The number of tetrazole rings is 1. The fourth-order valence-corrected chi connectivity index (χ4v) is 2.29. The van der Waals surface area contributed by atoms with E-state index in [1.165, 1.54) is 11.8 Å². The molecular formula is C12H25N5O3S. The number of aromatic nitrogens is 4. The largest absolute Gasteiger partial charge is 0.390 e. The van der Waals surface area contributed by atoms with Crippen molar-refractivity contribution in [2.24, 2.45) is 0 Å². The molecule has 0 aliphatic heterocycles. The van der Waals surface area contributed by atoms with E-state index in [1.54, 1.807) is 11.8 Å². The minimum Gasteiger partial charge on any atom is -0.390 e. The Morgan fingerprint density at radius 2 is 2.19 bits per heavy atom. The van der Waals surface area contributed by atoms with Gasteiger partial charge in [-0.15, -0.1) is 5.10 Å². The first kappa shape index (κ1) is 18.3. The topological polar surface area (TPSA) is 94.3 Å². The molecule has 0 aliphatic rings. The van der Waals surface area contributed by atoms with E-state index in [4.69, 9.17) is 9.47 Å². The first-order valence-corrected chi connectivity index (χ1v) is 7.99. The van der Waals surface area contributed by atoms with Gasteiger partial charge in [-0.2, -0.15) is 0 Å². The Morgan fingerprint density at radius 3 is 2.90 bits per heavy atom. The van der Waals surface area contributed by atoms with Crippen LogP contribution in [0.3, 0.4) is 0 Å². The number of methoxy groups -OCH3 is 1. The summed E-state index contributed by atoms with van der Waals surface area (Å²) in [4.78, 5) is 0. The van der Waals surface area contributed by atoms with Gasteiger partial charge in [-0.25, -0.2) is 4.68 Å². The van der Waals surface area contributed by atoms with Gasteiger partial charge in [0.25, 0.3) is 0 Å². The highest BCUT2D eigenvalue weighted by Crippen LogP contribution is 2.14. The average Bonchev–Trinajstić information content (AvgIpc) is 2.88. The van der Waals surface area contributed by atoms with E-state index in [0.29, 0.717) is 36.7 Å². The number of ether oxygens (including phenoxy) is 2. The number of thioether (sulfide) groups is 1. The monoisotopic (exact) mass is 319 g/mol. The van der Waals surface area contributed by atoms with Gasteiger partial charge in [0.05, 0.1) is 32.5 Å². The lowest BCUT2D eigenvalue weighted by Gasteiger charge is -2.11. The maximum atomic E-state index is 9.81. The van der Waals surface area contributed by atoms with Crippen LogP contribution in [-0.4, -0.2) is 76.7 Å². The Kier molecular flexibility index (Phi) is 9.51. The van der Waals surface area contributed by atoms with Crippen LogP contribution in [0.15, 0.2) is 5.16 Å². The molecule has 0 aliphatic carbocycles. The molecule has 0 radical (unpaired) electrons. The Morgan fingerprint density at radius 1 is 1.38 bits per heavy atom. The molecule has 1 atom stereocenters. The van der Waals surface area contributed by atoms with Gasteiger partial charge in [-0.05, 0) is 10.4 Å². The van der Waals surface area contributed by atoms with E-state index < -0.39 is 6.10 Å². The van der Waals surface area contributed by atoms with Crippen molar-refractivity contribution in [2.75, 3.05) is 39.2 Å². The molecular weight excluding hydrogens is 294 g/mol. The van der Waals surface area contributed by atoms with Crippen molar-refractivity contribution in [3.05, 3.63) is 0 Å². The van der Waals surface area contributed by atoms with E-state index in [-0.39, 0.29) is 6.61 Å². The Balaban J connectivity index is 2.23. The number of nitrogens with one attached hydrogen (secondary N) is 1. The van der Waals surface area contributed by atoms with E-state index >= 15 is 0 Å². The summed E-state index contributed by atoms with van der Waals surface area (Å²) in [5.41, 5.74) is 0. The Hall–Kier alpha value is -0.740. The molecule has 0 aromatic carbocycles. The van der Waals surface area contributed by atoms with Crippen LogP contribution in [0.1, 0.15) is 13.8 Å². The highest BCUT2D eigenvalue weighted by molar-refractivity contribution is 7.99. The van der Waals surface area contributed by atoms with Crippen LogP contribution in [0.5, 0.6) is 0 Å². The molecule has 0 saturated heterocycles. The molecule has 0 saturated carbocycles. The summed E-state index contributed by atoms with van der Waals surface area (Å²) in [6, 6.07) is 0.434. The van der Waals surface area contributed by atoms with Gasteiger partial charge in [0.2, 0.25) is 5.16 Å². The molecule has 2 N–H and O–H groups in total. The molecule has 1 aromatic heterocycles. The summed E-state index contributed by atoms with van der Waals surface area (Å²) in [6.07, 6.45) is -0.550. The van der Waals surface area contributed by atoms with Crippen molar-refractivity contribution in [2.45, 2.75) is 37.7 Å². The summed E-state index contributed by atoms with van der Waals surface area (Å²) in [5.74, 6) is 0.491. The minimum atomic E-state index is -0.550. The SMILES string of the molecule is COCCOCC(O)CSc1nnnn1CCNC(C)C. The van der Waals surface area contributed by atoms with Gasteiger partial charge in [0, 0.05) is 25.4 Å². The maximum Gasteiger partial charge on any atom is 0.209 e. The molecule has 9 heteroatoms. The molecule has 1 heterocycles. The van der Waals surface area contributed by atoms with Crippen LogP contribution in [0.4, 0.5) is 0 Å². The lowest BCUT2D eigenvalue weighted by Crippen LogP contribution is -2.27. The molecule has 0 fully saturated rings. The quantitative estimate of drug-likeness (QED) is 0.404. The second kappa shape index (κ2) is 10.9. The Bertz CT molecular complexity index is 378. The smallest absolute Gasteiger partial charge is 0.209 e. The predicted octanol–water partition coefficient (Wildman–Crippen LogP) is -0.213. The second-order valence-corrected chi connectivity index (χ2v) is 5.81. The van der Waals surface area contributed by atoms with Gasteiger partial charge >= 0.3 is 0 Å². The number of aliphatic hydroxyl groups excluding tert-OH is 1. The van der Waals surface area contributed by atoms with Crippen LogP contribution in [0.25, 0.3) is 0 Å². The average molecular weight is 319 g/mol. The fraction of sp³-hybridized carbons (Fsp3) is 0.917. The zero-order valence-corrected chi connectivity index (χ0v) is 13.7. The van der Waals surface area contributed by atoms with Crippen LogP contribution in [0, 0.1) is 0 Å². The standard InChI is InChI=1S/C12H25N5O3S/c1-10(2)13-4-5-17-12(14-15-16-17)21-9-11(18)8-20-7-6-19-3/h10-11,13,18H,4-9H2,1-3H3. The van der Waals surface area contributed by atoms with Crippen LogP contribution < -0.4 is 5.32 Å². The maximum absolute atomic E-state index is 9.81. The van der Waals surface area contributed by atoms with Crippen molar-refractivity contribution in [3.8, 4) is 0 Å². The van der Waals surface area contributed by atoms with Crippen molar-refractivity contribution in [1.29, 1.82) is 0 Å². The van der Waals surface area contributed by atoms with Crippen molar-refractivity contribution < 1.29 is 14.6 Å². The van der Waals surface area contributed by atoms with Crippen molar-refractivity contribution in [1.82, 2.24) is 25.5 Å². The molecule has 1 aromatic rings. The van der Waals surface area contributed by atoms with Crippen LogP contribution >= 0.6 is 11.8 Å². The van der Waals surface area contributed by atoms with E-state index in [1.807, 2.05) is 0 Å². The van der Waals surface area contributed by atoms with E-state index in [2.05, 4.69) is 34.7 Å². The molecule has 1 rings (SSSR count). The third kappa shape index (κ3) is 8.32. The number of rotatable bonds is 12. The Labute approximate surface area is 129 Å². The third-order valence-electron chi connectivity index (χ3n) is 2.52. The van der Waals surface area contributed by atoms with Gasteiger partial charge < -0.3 is 19.9 Å². The zero-order valence-electron chi connectivity index (χ0n) is 12.9. The molecule has 0 amide bonds. The van der Waals surface area contributed by atoms with Gasteiger partial charge in [-0.1, -0.05) is 25.6 Å². The summed E-state index contributed by atoms with van der Waals surface area (Å²) in [7, 11) is 1.61. The number of nitrogens with zero attached hydrogens (tertiary/aromatic N) is 4. The number of hydrogen-bond acceptors (Lipinski definition) is 8.